The minimum absolute atomic E-state index is 0.0815. The third kappa shape index (κ3) is 3.81. The highest BCUT2D eigenvalue weighted by Gasteiger charge is 2.89. The van der Waals surface area contributed by atoms with Crippen molar-refractivity contribution in [3.8, 4) is 5.75 Å². The predicted molar refractivity (Wildman–Crippen MR) is 164 cm³/mol. The third-order valence-electron chi connectivity index (χ3n) is 12.8. The summed E-state index contributed by atoms with van der Waals surface area (Å²) in [7, 11) is 8.31. The number of piperidine rings is 1. The Hall–Kier alpha value is -2.54. The molecule has 5 fully saturated rings. The Morgan fingerprint density at radius 2 is 1.74 bits per heavy atom. The molecule has 13 unspecified atom stereocenters. The van der Waals surface area contributed by atoms with Crippen LogP contribution < -0.4 is 4.74 Å². The third-order valence-corrected chi connectivity index (χ3v) is 12.8. The van der Waals surface area contributed by atoms with Gasteiger partial charge in [0.25, 0.3) is 0 Å². The van der Waals surface area contributed by atoms with E-state index >= 15 is 0 Å². The molecule has 5 aliphatic carbocycles. The Balaban J connectivity index is 1.46. The largest absolute Gasteiger partial charge is 0.497 e. The average molecular weight is 642 g/mol. The zero-order chi connectivity index (χ0) is 32.8. The zero-order valence-corrected chi connectivity index (χ0v) is 27.8. The smallest absolute Gasteiger partial charge is 0.338 e. The summed E-state index contributed by atoms with van der Waals surface area (Å²) in [4.78, 5) is 29.6. The number of carbonyl (C=O) groups is 2. The van der Waals surface area contributed by atoms with Crippen molar-refractivity contribution in [3.63, 3.8) is 0 Å². The second-order valence-corrected chi connectivity index (χ2v) is 14.3. The van der Waals surface area contributed by atoms with Crippen LogP contribution in [0.15, 0.2) is 36.4 Å². The van der Waals surface area contributed by atoms with Crippen LogP contribution in [0.4, 0.5) is 0 Å². The van der Waals surface area contributed by atoms with Gasteiger partial charge in [0.2, 0.25) is 0 Å². The number of nitrogens with zero attached hydrogens (tertiary/aromatic N) is 1. The highest BCUT2D eigenvalue weighted by Crippen LogP contribution is 2.79. The number of aliphatic hydroxyl groups is 1. The van der Waals surface area contributed by atoms with Gasteiger partial charge in [0, 0.05) is 83.0 Å². The van der Waals surface area contributed by atoms with E-state index in [1.165, 1.54) is 6.92 Å². The van der Waals surface area contributed by atoms with Gasteiger partial charge in [0.05, 0.1) is 37.6 Å². The molecule has 1 aliphatic heterocycles. The summed E-state index contributed by atoms with van der Waals surface area (Å²) in [6, 6.07) is 6.58. The van der Waals surface area contributed by atoms with Crippen molar-refractivity contribution >= 4 is 11.9 Å². The number of fused-ring (bicyclic) bond motifs is 2. The minimum atomic E-state index is -1.54. The molecular formula is C35H47NO10. The van der Waals surface area contributed by atoms with Crippen LogP contribution >= 0.6 is 0 Å². The maximum absolute atomic E-state index is 13.9. The molecule has 1 aromatic rings. The molecule has 46 heavy (non-hydrogen) atoms. The van der Waals surface area contributed by atoms with Crippen LogP contribution in [0.1, 0.15) is 37.0 Å². The Morgan fingerprint density at radius 3 is 2.33 bits per heavy atom. The molecule has 6 aliphatic rings. The standard InChI is InChI=1S/C35H47NO10/c1-8-36-17-32(18-40-3)14-13-23(42-5)35-22-15-33(39)24(43-6)16-34(46-19(2)37,26(29(35)36)27(44-7)28(32)35)25(22)30(33)45-31(38)20-9-11-21(41-4)12-10-20/h9-14,22-30,39H,8,15-18H2,1-7H3. The average Bonchev–Trinajstić information content (AvgIpc) is 3.42. The van der Waals surface area contributed by atoms with Gasteiger partial charge < -0.3 is 38.3 Å². The Kier molecular flexibility index (Phi) is 7.66. The predicted octanol–water partition coefficient (Wildman–Crippen LogP) is 2.49. The summed E-state index contributed by atoms with van der Waals surface area (Å²) in [6.45, 7) is 5.56. The molecule has 0 aromatic heterocycles. The van der Waals surface area contributed by atoms with E-state index in [0.29, 0.717) is 17.9 Å². The van der Waals surface area contributed by atoms with Gasteiger partial charge >= 0.3 is 11.9 Å². The van der Waals surface area contributed by atoms with Gasteiger partial charge in [0.1, 0.15) is 23.1 Å². The highest BCUT2D eigenvalue weighted by molar-refractivity contribution is 5.89. The molecule has 7 rings (SSSR count). The lowest BCUT2D eigenvalue weighted by Crippen LogP contribution is -2.76. The summed E-state index contributed by atoms with van der Waals surface area (Å²) in [5, 5.41) is 12.8. The Morgan fingerprint density at radius 1 is 1.00 bits per heavy atom. The summed E-state index contributed by atoms with van der Waals surface area (Å²) in [6.07, 6.45) is 2.50. The fourth-order valence-corrected chi connectivity index (χ4v) is 11.9. The van der Waals surface area contributed by atoms with Crippen molar-refractivity contribution in [2.45, 2.75) is 68.3 Å². The van der Waals surface area contributed by atoms with E-state index in [9.17, 15) is 14.7 Å². The summed E-state index contributed by atoms with van der Waals surface area (Å²) < 4.78 is 43.3. The molecule has 1 heterocycles. The quantitative estimate of drug-likeness (QED) is 0.300. The van der Waals surface area contributed by atoms with E-state index in [2.05, 4.69) is 24.0 Å². The van der Waals surface area contributed by atoms with Crippen LogP contribution in [0.25, 0.3) is 0 Å². The van der Waals surface area contributed by atoms with Gasteiger partial charge in [-0.3, -0.25) is 9.69 Å². The van der Waals surface area contributed by atoms with Crippen LogP contribution in [-0.2, 0) is 33.2 Å². The van der Waals surface area contributed by atoms with E-state index in [1.807, 2.05) is 0 Å². The van der Waals surface area contributed by atoms with Gasteiger partial charge in [-0.05, 0) is 43.1 Å². The van der Waals surface area contributed by atoms with Gasteiger partial charge in [-0.1, -0.05) is 19.1 Å². The van der Waals surface area contributed by atoms with Crippen LogP contribution in [-0.4, -0.2) is 119 Å². The van der Waals surface area contributed by atoms with Crippen LogP contribution in [0.2, 0.25) is 0 Å². The molecule has 1 saturated heterocycles. The molecule has 0 amide bonds. The Labute approximate surface area is 270 Å². The number of hydrogen-bond donors (Lipinski definition) is 1. The highest BCUT2D eigenvalue weighted by atomic mass is 16.6. The topological polar surface area (TPSA) is 122 Å². The van der Waals surface area contributed by atoms with Crippen molar-refractivity contribution in [1.82, 2.24) is 4.90 Å². The lowest BCUT2D eigenvalue weighted by molar-refractivity contribution is -0.276. The van der Waals surface area contributed by atoms with E-state index in [0.717, 1.165) is 13.1 Å². The zero-order valence-electron chi connectivity index (χ0n) is 27.8. The van der Waals surface area contributed by atoms with Crippen molar-refractivity contribution in [1.29, 1.82) is 0 Å². The summed E-state index contributed by atoms with van der Waals surface area (Å²) >= 11 is 0. The summed E-state index contributed by atoms with van der Waals surface area (Å²) in [5.74, 6) is -1.63. The van der Waals surface area contributed by atoms with Crippen LogP contribution in [0.5, 0.6) is 5.75 Å². The molecule has 13 atom stereocenters. The monoisotopic (exact) mass is 641 g/mol. The van der Waals surface area contributed by atoms with Crippen LogP contribution in [0.3, 0.4) is 0 Å². The van der Waals surface area contributed by atoms with Crippen molar-refractivity contribution < 1.29 is 47.9 Å². The second kappa shape index (κ2) is 11.0. The van der Waals surface area contributed by atoms with E-state index < -0.39 is 52.1 Å². The number of ether oxygens (including phenoxy) is 7. The SMILES string of the molecule is CCN1CC2(COC)C=CC(OC)C34C5CC6(O)C(OC)CC(OC(C)=O)(C5C6OC(=O)c5ccc(OC)cc5)C(C(OC)C23)C14. The van der Waals surface area contributed by atoms with Gasteiger partial charge in [-0.2, -0.15) is 0 Å². The molecular weight excluding hydrogens is 594 g/mol. The maximum atomic E-state index is 13.9. The molecule has 1 N–H and O–H groups in total. The van der Waals surface area contributed by atoms with Gasteiger partial charge in [-0.15, -0.1) is 0 Å². The first-order valence-corrected chi connectivity index (χ1v) is 16.3. The van der Waals surface area contributed by atoms with Crippen molar-refractivity contribution in [2.24, 2.45) is 34.5 Å². The number of esters is 2. The summed E-state index contributed by atoms with van der Waals surface area (Å²) in [5.41, 5.74) is -3.36. The number of benzene rings is 1. The molecule has 1 aromatic carbocycles. The lowest BCUT2D eigenvalue weighted by atomic mass is 9.44. The first kappa shape index (κ1) is 32.0. The Bertz CT molecular complexity index is 1400. The van der Waals surface area contributed by atoms with E-state index in [4.69, 9.17) is 33.2 Å². The molecule has 4 saturated carbocycles. The lowest BCUT2D eigenvalue weighted by Gasteiger charge is -2.67. The normalized spacial score (nSPS) is 46.2. The number of hydrogen-bond acceptors (Lipinski definition) is 11. The molecule has 11 heteroatoms. The molecule has 0 radical (unpaired) electrons. The number of carbonyl (C=O) groups excluding carboxylic acids is 2. The fraction of sp³-hybridized carbons (Fsp3) is 0.714. The van der Waals surface area contributed by atoms with E-state index in [1.54, 1.807) is 59.8 Å². The number of rotatable bonds is 10. The second-order valence-electron chi connectivity index (χ2n) is 14.3. The number of likely N-dealkylation sites (tertiary alicyclic amines) is 1. The molecule has 7 bridgehead atoms. The van der Waals surface area contributed by atoms with Gasteiger partial charge in [0.15, 0.2) is 0 Å². The maximum Gasteiger partial charge on any atom is 0.338 e. The van der Waals surface area contributed by atoms with E-state index in [-0.39, 0.29) is 48.8 Å². The molecule has 252 valence electrons. The minimum Gasteiger partial charge on any atom is -0.497 e. The van der Waals surface area contributed by atoms with Gasteiger partial charge in [-0.25, -0.2) is 4.79 Å². The number of methoxy groups -OCH3 is 5. The van der Waals surface area contributed by atoms with Crippen molar-refractivity contribution in [3.05, 3.63) is 42.0 Å². The molecule has 11 nitrogen and oxygen atoms in total. The van der Waals surface area contributed by atoms with Crippen molar-refractivity contribution in [2.75, 3.05) is 55.2 Å². The first-order valence-electron chi connectivity index (χ1n) is 16.3. The molecule has 1 spiro atoms. The fourth-order valence-electron chi connectivity index (χ4n) is 11.9. The first-order chi connectivity index (χ1) is 22.1. The van der Waals surface area contributed by atoms with Crippen LogP contribution in [0, 0.1) is 34.5 Å².